The summed E-state index contributed by atoms with van der Waals surface area (Å²) in [5, 5.41) is 6.09. The van der Waals surface area contributed by atoms with Crippen LogP contribution in [0.15, 0.2) is 53.9 Å². The van der Waals surface area contributed by atoms with Crippen molar-refractivity contribution >= 4 is 28.1 Å². The number of hydrogen-bond acceptors (Lipinski definition) is 4. The van der Waals surface area contributed by atoms with Crippen LogP contribution in [0.4, 0.5) is 0 Å². The van der Waals surface area contributed by atoms with Crippen LogP contribution in [0.2, 0.25) is 0 Å². The van der Waals surface area contributed by atoms with E-state index in [9.17, 15) is 4.79 Å². The molecule has 2 heterocycles. The van der Waals surface area contributed by atoms with E-state index in [2.05, 4.69) is 26.6 Å². The van der Waals surface area contributed by atoms with E-state index in [1.165, 1.54) is 4.88 Å². The Hall–Kier alpha value is -2.24. The number of pyridine rings is 1. The van der Waals surface area contributed by atoms with Crippen molar-refractivity contribution in [3.63, 3.8) is 0 Å². The number of benzene rings is 1. The van der Waals surface area contributed by atoms with Crippen LogP contribution in [0.25, 0.3) is 10.9 Å². The molecule has 0 aliphatic carbocycles. The molecule has 4 nitrogen and oxygen atoms in total. The van der Waals surface area contributed by atoms with Gasteiger partial charge in [0.1, 0.15) is 5.69 Å². The standard InChI is InChI=1S/C18H19N3OS/c1-21(2)16(17-8-5-11-23-17)12-19-18(22)15-10-9-13-6-3-4-7-14(13)20-15/h3-11,16H,12H2,1-2H3,(H,19,22). The summed E-state index contributed by atoms with van der Waals surface area (Å²) in [6, 6.07) is 15.8. The van der Waals surface area contributed by atoms with Gasteiger partial charge < -0.3 is 10.2 Å². The van der Waals surface area contributed by atoms with Gasteiger partial charge >= 0.3 is 0 Å². The van der Waals surface area contributed by atoms with E-state index in [4.69, 9.17) is 0 Å². The highest BCUT2D eigenvalue weighted by Crippen LogP contribution is 2.22. The fourth-order valence-electron chi connectivity index (χ4n) is 2.49. The second kappa shape index (κ2) is 6.89. The first-order valence-electron chi connectivity index (χ1n) is 7.49. The molecule has 0 bridgehead atoms. The minimum absolute atomic E-state index is 0.140. The van der Waals surface area contributed by atoms with Gasteiger partial charge in [-0.25, -0.2) is 4.98 Å². The molecule has 0 aliphatic heterocycles. The minimum Gasteiger partial charge on any atom is -0.349 e. The van der Waals surface area contributed by atoms with Crippen molar-refractivity contribution in [1.29, 1.82) is 0 Å². The third-order valence-electron chi connectivity index (χ3n) is 3.78. The zero-order valence-corrected chi connectivity index (χ0v) is 14.0. The number of nitrogens with zero attached hydrogens (tertiary/aromatic N) is 2. The SMILES string of the molecule is CN(C)C(CNC(=O)c1ccc2ccccc2n1)c1cccs1. The summed E-state index contributed by atoms with van der Waals surface area (Å²) in [5.74, 6) is -0.140. The molecule has 23 heavy (non-hydrogen) atoms. The molecule has 1 aromatic carbocycles. The van der Waals surface area contributed by atoms with E-state index in [1.54, 1.807) is 17.4 Å². The van der Waals surface area contributed by atoms with Crippen molar-refractivity contribution in [2.24, 2.45) is 0 Å². The predicted octanol–water partition coefficient (Wildman–Crippen LogP) is 3.33. The van der Waals surface area contributed by atoms with Gasteiger partial charge in [0.15, 0.2) is 0 Å². The van der Waals surface area contributed by atoms with Crippen LogP contribution >= 0.6 is 11.3 Å². The van der Waals surface area contributed by atoms with Crippen molar-refractivity contribution in [3.05, 3.63) is 64.5 Å². The lowest BCUT2D eigenvalue weighted by Gasteiger charge is -2.23. The van der Waals surface area contributed by atoms with Crippen molar-refractivity contribution in [2.45, 2.75) is 6.04 Å². The lowest BCUT2D eigenvalue weighted by atomic mass is 10.2. The average Bonchev–Trinajstić information content (AvgIpc) is 3.08. The molecule has 0 aliphatic rings. The highest BCUT2D eigenvalue weighted by atomic mass is 32.1. The summed E-state index contributed by atoms with van der Waals surface area (Å²) in [5.41, 5.74) is 1.29. The fourth-order valence-corrected chi connectivity index (χ4v) is 3.41. The van der Waals surface area contributed by atoms with Gasteiger partial charge in [0.25, 0.3) is 5.91 Å². The number of fused-ring (bicyclic) bond motifs is 1. The lowest BCUT2D eigenvalue weighted by Crippen LogP contribution is -2.34. The summed E-state index contributed by atoms with van der Waals surface area (Å²) >= 11 is 1.70. The van der Waals surface area contributed by atoms with E-state index in [0.29, 0.717) is 12.2 Å². The van der Waals surface area contributed by atoms with Gasteiger partial charge in [-0.3, -0.25) is 4.79 Å². The van der Waals surface area contributed by atoms with E-state index in [-0.39, 0.29) is 11.9 Å². The Kier molecular flexibility index (Phi) is 4.69. The third-order valence-corrected chi connectivity index (χ3v) is 4.76. The molecule has 0 spiro atoms. The Labute approximate surface area is 139 Å². The van der Waals surface area contributed by atoms with Crippen LogP contribution in [0.1, 0.15) is 21.4 Å². The number of nitrogens with one attached hydrogen (secondary N) is 1. The number of thiophene rings is 1. The first-order chi connectivity index (χ1) is 11.1. The van der Waals surface area contributed by atoms with Gasteiger partial charge in [-0.1, -0.05) is 30.3 Å². The van der Waals surface area contributed by atoms with Crippen molar-refractivity contribution < 1.29 is 4.79 Å². The molecular weight excluding hydrogens is 306 g/mol. The zero-order valence-electron chi connectivity index (χ0n) is 13.2. The summed E-state index contributed by atoms with van der Waals surface area (Å²) in [4.78, 5) is 20.2. The number of para-hydroxylation sites is 1. The summed E-state index contributed by atoms with van der Waals surface area (Å²) in [7, 11) is 4.04. The summed E-state index contributed by atoms with van der Waals surface area (Å²) in [6.45, 7) is 0.556. The third kappa shape index (κ3) is 3.57. The molecule has 0 saturated carbocycles. The number of carbonyl (C=O) groups excluding carboxylic acids is 1. The molecule has 1 unspecified atom stereocenters. The zero-order chi connectivity index (χ0) is 16.2. The van der Waals surface area contributed by atoms with Crippen molar-refractivity contribution in [3.8, 4) is 0 Å². The maximum Gasteiger partial charge on any atom is 0.269 e. The quantitative estimate of drug-likeness (QED) is 0.782. The maximum absolute atomic E-state index is 12.4. The number of rotatable bonds is 5. The summed E-state index contributed by atoms with van der Waals surface area (Å²) < 4.78 is 0. The van der Waals surface area contributed by atoms with Gasteiger partial charge in [0.2, 0.25) is 0 Å². The molecule has 0 radical (unpaired) electrons. The topological polar surface area (TPSA) is 45.2 Å². The number of carbonyl (C=O) groups is 1. The normalized spacial score (nSPS) is 12.5. The van der Waals surface area contributed by atoms with Crippen LogP contribution in [0.5, 0.6) is 0 Å². The smallest absolute Gasteiger partial charge is 0.269 e. The highest BCUT2D eigenvalue weighted by Gasteiger charge is 2.17. The molecule has 0 saturated heterocycles. The number of hydrogen-bond donors (Lipinski definition) is 1. The van der Waals surface area contributed by atoms with Gasteiger partial charge in [0.05, 0.1) is 11.6 Å². The second-order valence-electron chi connectivity index (χ2n) is 5.59. The average molecular weight is 325 g/mol. The molecule has 1 amide bonds. The summed E-state index contributed by atoms with van der Waals surface area (Å²) in [6.07, 6.45) is 0. The van der Waals surface area contributed by atoms with E-state index >= 15 is 0 Å². The molecule has 3 rings (SSSR count). The molecule has 0 fully saturated rings. The van der Waals surface area contributed by atoms with E-state index in [0.717, 1.165) is 10.9 Å². The van der Waals surface area contributed by atoms with Crippen molar-refractivity contribution in [2.75, 3.05) is 20.6 Å². The first kappa shape index (κ1) is 15.6. The highest BCUT2D eigenvalue weighted by molar-refractivity contribution is 7.10. The van der Waals surface area contributed by atoms with E-state index < -0.39 is 0 Å². The lowest BCUT2D eigenvalue weighted by molar-refractivity contribution is 0.0937. The van der Waals surface area contributed by atoms with Gasteiger partial charge in [0, 0.05) is 16.8 Å². The van der Waals surface area contributed by atoms with Gasteiger partial charge in [-0.05, 0) is 37.7 Å². The predicted molar refractivity (Wildman–Crippen MR) is 94.8 cm³/mol. The molecule has 3 aromatic rings. The molecule has 118 valence electrons. The Bertz CT molecular complexity index is 799. The van der Waals surface area contributed by atoms with Crippen LogP contribution in [-0.2, 0) is 0 Å². The largest absolute Gasteiger partial charge is 0.349 e. The fraction of sp³-hybridized carbons (Fsp3) is 0.222. The monoisotopic (exact) mass is 325 g/mol. The molecule has 1 N–H and O–H groups in total. The minimum atomic E-state index is -0.140. The number of amides is 1. The van der Waals surface area contributed by atoms with Crippen LogP contribution in [0.3, 0.4) is 0 Å². The molecular formula is C18H19N3OS. The van der Waals surface area contributed by atoms with Crippen LogP contribution in [0, 0.1) is 0 Å². The number of aromatic nitrogens is 1. The van der Waals surface area contributed by atoms with Crippen LogP contribution in [-0.4, -0.2) is 36.4 Å². The Morgan fingerprint density at radius 2 is 2.00 bits per heavy atom. The van der Waals surface area contributed by atoms with E-state index in [1.807, 2.05) is 50.5 Å². The second-order valence-corrected chi connectivity index (χ2v) is 6.57. The Balaban J connectivity index is 1.72. The Morgan fingerprint density at radius 1 is 1.17 bits per heavy atom. The Morgan fingerprint density at radius 3 is 2.74 bits per heavy atom. The van der Waals surface area contributed by atoms with Gasteiger partial charge in [-0.15, -0.1) is 11.3 Å². The van der Waals surface area contributed by atoms with Crippen molar-refractivity contribution in [1.82, 2.24) is 15.2 Å². The van der Waals surface area contributed by atoms with Gasteiger partial charge in [-0.2, -0.15) is 0 Å². The number of likely N-dealkylation sites (N-methyl/N-ethyl adjacent to an activating group) is 1. The molecule has 2 aromatic heterocycles. The molecule has 1 atom stereocenters. The van der Waals surface area contributed by atoms with Crippen LogP contribution < -0.4 is 5.32 Å². The maximum atomic E-state index is 12.4. The molecule has 5 heteroatoms. The first-order valence-corrected chi connectivity index (χ1v) is 8.37.